The van der Waals surface area contributed by atoms with Crippen LogP contribution in [0.4, 0.5) is 11.4 Å². The average Bonchev–Trinajstić information content (AvgIpc) is 1.59. The first-order chi connectivity index (χ1) is 40.2. The van der Waals surface area contributed by atoms with E-state index in [0.717, 1.165) is 22.3 Å². The summed E-state index contributed by atoms with van der Waals surface area (Å²) in [6.45, 7) is 16.7. The molecule has 13 rings (SSSR count). The number of fused-ring (bicyclic) bond motifs is 2. The van der Waals surface area contributed by atoms with Crippen LogP contribution in [0, 0.1) is 5.92 Å². The van der Waals surface area contributed by atoms with E-state index in [-0.39, 0.29) is 57.6 Å². The molecule has 0 saturated carbocycles. The molecule has 1 unspecified atom stereocenters. The molecule has 11 aromatic carbocycles. The summed E-state index contributed by atoms with van der Waals surface area (Å²) in [6, 6.07) is 56.7. The van der Waals surface area contributed by atoms with Crippen molar-refractivity contribution in [2.24, 2.45) is 5.92 Å². The molecular formula is C73H62N2O8. The van der Waals surface area contributed by atoms with Crippen molar-refractivity contribution in [2.75, 3.05) is 9.80 Å². The lowest BCUT2D eigenvalue weighted by molar-refractivity contribution is 0.0870. The Morgan fingerprint density at radius 1 is 0.386 bits per heavy atom. The molecule has 11 aromatic rings. The van der Waals surface area contributed by atoms with Crippen LogP contribution in [0.5, 0.6) is 46.0 Å². The molecular weight excluding hydrogens is 1030 g/mol. The first-order valence-electron chi connectivity index (χ1n) is 28.6. The predicted octanol–water partition coefficient (Wildman–Crippen LogP) is 18.9. The van der Waals surface area contributed by atoms with Gasteiger partial charge in [0.05, 0.1) is 28.1 Å². The number of aliphatic hydroxyl groups excluding tert-OH is 1. The number of anilines is 2. The minimum absolute atomic E-state index is 0.0134. The summed E-state index contributed by atoms with van der Waals surface area (Å²) < 4.78 is 28.7. The van der Waals surface area contributed by atoms with Gasteiger partial charge >= 0.3 is 0 Å². The number of carbonyl (C=O) groups excluding carboxylic acids is 3. The molecule has 3 amide bonds. The van der Waals surface area contributed by atoms with Crippen molar-refractivity contribution in [3.63, 3.8) is 0 Å². The molecule has 1 N–H and O–H groups in total. The van der Waals surface area contributed by atoms with Crippen molar-refractivity contribution in [3.8, 4) is 46.0 Å². The Kier molecular flexibility index (Phi) is 13.2. The van der Waals surface area contributed by atoms with Crippen LogP contribution < -0.4 is 28.7 Å². The van der Waals surface area contributed by atoms with Gasteiger partial charge in [0.15, 0.2) is 6.23 Å². The van der Waals surface area contributed by atoms with Crippen molar-refractivity contribution in [1.82, 2.24) is 0 Å². The largest absolute Gasteiger partial charge is 0.457 e. The van der Waals surface area contributed by atoms with Gasteiger partial charge in [-0.15, -0.1) is 0 Å². The molecule has 10 heteroatoms. The van der Waals surface area contributed by atoms with Gasteiger partial charge in [0.25, 0.3) is 17.7 Å². The Labute approximate surface area is 482 Å². The van der Waals surface area contributed by atoms with E-state index in [9.17, 15) is 5.11 Å². The summed E-state index contributed by atoms with van der Waals surface area (Å²) in [5.41, 5.74) is 5.94. The first-order valence-corrected chi connectivity index (χ1v) is 28.6. The van der Waals surface area contributed by atoms with E-state index in [1.807, 2.05) is 164 Å². The van der Waals surface area contributed by atoms with Crippen molar-refractivity contribution in [1.29, 1.82) is 0 Å². The standard InChI is InChI=1S/C73H62N2O8/c1-40(2)35-44-23-21-32-49(41(3)4)68(44)74-70(76)52-36-56(80-45-24-13-9-14-25-45)62-64-58(82-47-28-17-11-18-29-47)38-54-61-55(73(79)75(72(54)78)69-50(42(5)6)33-22-34-51(69)43(7)8)39-59(83-48-30-19-12-20-31-48)65(67(61)64)63-57(81-46-26-15-10-16-27-46)37-53(71(74)77)60(52)66(62)63/h9-34,36-43,70,76H,35H2,1-8H3. The van der Waals surface area contributed by atoms with Crippen LogP contribution in [0.3, 0.4) is 0 Å². The van der Waals surface area contributed by atoms with Crippen molar-refractivity contribution in [3.05, 3.63) is 226 Å². The van der Waals surface area contributed by atoms with E-state index in [2.05, 4.69) is 55.4 Å². The van der Waals surface area contributed by atoms with Crippen LogP contribution in [-0.4, -0.2) is 22.8 Å². The number of hydrogen-bond donors (Lipinski definition) is 1. The summed E-state index contributed by atoms with van der Waals surface area (Å²) in [6.07, 6.45) is -0.855. The lowest BCUT2D eigenvalue weighted by Crippen LogP contribution is -2.42. The Morgan fingerprint density at radius 2 is 0.735 bits per heavy atom. The highest BCUT2D eigenvalue weighted by molar-refractivity contribution is 6.46. The van der Waals surface area contributed by atoms with Gasteiger partial charge in [-0.1, -0.05) is 165 Å². The second kappa shape index (κ2) is 20.8. The number of rotatable bonds is 15. The number of aliphatic hydroxyl groups is 1. The Balaban J connectivity index is 1.25. The lowest BCUT2D eigenvalue weighted by Gasteiger charge is -2.38. The summed E-state index contributed by atoms with van der Waals surface area (Å²) in [7, 11) is 0. The summed E-state index contributed by atoms with van der Waals surface area (Å²) >= 11 is 0. The van der Waals surface area contributed by atoms with Crippen LogP contribution >= 0.6 is 0 Å². The van der Waals surface area contributed by atoms with E-state index < -0.39 is 23.9 Å². The molecule has 1 atom stereocenters. The van der Waals surface area contributed by atoms with Crippen LogP contribution in [0.2, 0.25) is 0 Å². The Morgan fingerprint density at radius 3 is 1.12 bits per heavy atom. The van der Waals surface area contributed by atoms with Gasteiger partial charge < -0.3 is 24.1 Å². The van der Waals surface area contributed by atoms with Crippen LogP contribution in [0.15, 0.2) is 182 Å². The van der Waals surface area contributed by atoms with E-state index in [1.54, 1.807) is 23.1 Å². The van der Waals surface area contributed by atoms with E-state index in [4.69, 9.17) is 18.9 Å². The highest BCUT2D eigenvalue weighted by Gasteiger charge is 2.44. The van der Waals surface area contributed by atoms with Gasteiger partial charge in [0.1, 0.15) is 46.0 Å². The van der Waals surface area contributed by atoms with Gasteiger partial charge in [0.2, 0.25) is 0 Å². The number of amides is 3. The van der Waals surface area contributed by atoms with Crippen molar-refractivity contribution >= 4 is 72.2 Å². The number of benzene rings is 11. The molecule has 83 heavy (non-hydrogen) atoms. The van der Waals surface area contributed by atoms with Crippen molar-refractivity contribution < 1.29 is 38.4 Å². The summed E-state index contributed by atoms with van der Waals surface area (Å²) in [4.78, 5) is 51.4. The van der Waals surface area contributed by atoms with Crippen LogP contribution in [-0.2, 0) is 6.42 Å². The number of carbonyl (C=O) groups is 3. The molecule has 10 nitrogen and oxygen atoms in total. The molecule has 0 aliphatic carbocycles. The topological polar surface area (TPSA) is 115 Å². The molecule has 0 aromatic heterocycles. The van der Waals surface area contributed by atoms with Gasteiger partial charge in [0, 0.05) is 48.7 Å². The normalized spacial score (nSPS) is 14.2. The smallest absolute Gasteiger partial charge is 0.266 e. The number of nitrogens with zero attached hydrogens (tertiary/aromatic N) is 2. The number of hydrogen-bond acceptors (Lipinski definition) is 8. The third-order valence-electron chi connectivity index (χ3n) is 16.1. The molecule has 2 heterocycles. The lowest BCUT2D eigenvalue weighted by atomic mass is 9.80. The monoisotopic (exact) mass is 1090 g/mol. The maximum Gasteiger partial charge on any atom is 0.266 e. The van der Waals surface area contributed by atoms with Crippen molar-refractivity contribution in [2.45, 2.75) is 85.8 Å². The van der Waals surface area contributed by atoms with E-state index in [1.165, 1.54) is 4.90 Å². The SMILES string of the molecule is CC(C)Cc1cccc(C(C)C)c1N1C(=O)c2cc(Oc3ccccc3)c3c4c(Oc5ccccc5)cc5c6c(cc(Oc7ccccc7)c(c7c(Oc8ccccc8)cc(c2c37)C1O)c64)C(=O)N(c1c(C(C)C)cccc1C(C)C)C5=O. The summed E-state index contributed by atoms with van der Waals surface area (Å²) in [5.74, 6) is 1.73. The minimum atomic E-state index is -1.51. The Hall–Kier alpha value is -9.51. The van der Waals surface area contributed by atoms with Gasteiger partial charge in [-0.3, -0.25) is 19.3 Å². The van der Waals surface area contributed by atoms with Crippen LogP contribution in [0.25, 0.3) is 43.1 Å². The molecule has 412 valence electrons. The quantitative estimate of drug-likeness (QED) is 0.0613. The fourth-order valence-corrected chi connectivity index (χ4v) is 12.6. The zero-order valence-electron chi connectivity index (χ0n) is 47.6. The van der Waals surface area contributed by atoms with Gasteiger partial charge in [-0.2, -0.15) is 0 Å². The van der Waals surface area contributed by atoms with Gasteiger partial charge in [-0.25, -0.2) is 4.90 Å². The molecule has 0 spiro atoms. The fraction of sp³-hybridized carbons (Fsp3) is 0.192. The molecule has 0 bridgehead atoms. The second-order valence-corrected chi connectivity index (χ2v) is 23.1. The number of imide groups is 1. The second-order valence-electron chi connectivity index (χ2n) is 23.1. The number of para-hydroxylation sites is 6. The molecule has 0 saturated heterocycles. The maximum atomic E-state index is 16.2. The molecule has 0 radical (unpaired) electrons. The first kappa shape index (κ1) is 52.8. The number of ether oxygens (including phenoxy) is 4. The minimum Gasteiger partial charge on any atom is -0.457 e. The zero-order chi connectivity index (χ0) is 57.5. The van der Waals surface area contributed by atoms with E-state index >= 15 is 14.4 Å². The third kappa shape index (κ3) is 8.78. The Bertz CT molecular complexity index is 4240. The predicted molar refractivity (Wildman–Crippen MR) is 330 cm³/mol. The molecule has 2 aliphatic heterocycles. The highest BCUT2D eigenvalue weighted by Crippen LogP contribution is 2.59. The summed E-state index contributed by atoms with van der Waals surface area (Å²) in [5, 5.41) is 17.2. The fourth-order valence-electron chi connectivity index (χ4n) is 12.6. The molecule has 0 fully saturated rings. The zero-order valence-corrected chi connectivity index (χ0v) is 47.6. The van der Waals surface area contributed by atoms with Crippen LogP contribution in [0.1, 0.15) is 138 Å². The van der Waals surface area contributed by atoms with E-state index in [0.29, 0.717) is 95.2 Å². The average molecular weight is 1100 g/mol. The molecule has 2 aliphatic rings. The third-order valence-corrected chi connectivity index (χ3v) is 16.1. The highest BCUT2D eigenvalue weighted by atomic mass is 16.5. The maximum absolute atomic E-state index is 16.2. The van der Waals surface area contributed by atoms with Gasteiger partial charge in [-0.05, 0) is 125 Å².